The second-order valence-corrected chi connectivity index (χ2v) is 6.82. The first-order valence-electron chi connectivity index (χ1n) is 9.48. The van der Waals surface area contributed by atoms with Gasteiger partial charge in [0.05, 0.1) is 20.5 Å². The zero-order chi connectivity index (χ0) is 22.5. The van der Waals surface area contributed by atoms with Crippen LogP contribution in [0.2, 0.25) is 0 Å². The fraction of sp³-hybridized carbons (Fsp3) is 0.208. The van der Waals surface area contributed by atoms with Crippen molar-refractivity contribution in [2.45, 2.75) is 20.5 Å². The van der Waals surface area contributed by atoms with Crippen LogP contribution < -0.4 is 10.4 Å². The third kappa shape index (κ3) is 4.50. The molecule has 0 unspecified atom stereocenters. The van der Waals surface area contributed by atoms with Gasteiger partial charge in [0, 0.05) is 11.5 Å². The third-order valence-corrected chi connectivity index (χ3v) is 4.77. The molecule has 7 heteroatoms. The first kappa shape index (κ1) is 21.8. The van der Waals surface area contributed by atoms with E-state index in [2.05, 4.69) is 0 Å². The van der Waals surface area contributed by atoms with Crippen LogP contribution in [0, 0.1) is 6.92 Å². The minimum atomic E-state index is -0.554. The highest BCUT2D eigenvalue weighted by Crippen LogP contribution is 2.31. The number of benzene rings is 2. The molecule has 0 aliphatic heterocycles. The van der Waals surface area contributed by atoms with Crippen LogP contribution in [0.15, 0.2) is 57.9 Å². The molecule has 3 aromatic rings. The molecule has 31 heavy (non-hydrogen) atoms. The summed E-state index contributed by atoms with van der Waals surface area (Å²) in [7, 11) is 2.72. The summed E-state index contributed by atoms with van der Waals surface area (Å²) < 4.78 is 21.1. The summed E-state index contributed by atoms with van der Waals surface area (Å²) in [6.45, 7) is 3.21. The third-order valence-electron chi connectivity index (χ3n) is 4.77. The highest BCUT2D eigenvalue weighted by molar-refractivity contribution is 6.16. The maximum Gasteiger partial charge on any atom is 0.341 e. The molecule has 3 rings (SSSR count). The van der Waals surface area contributed by atoms with Gasteiger partial charge in [0.2, 0.25) is 0 Å². The van der Waals surface area contributed by atoms with Gasteiger partial charge >= 0.3 is 11.6 Å². The van der Waals surface area contributed by atoms with Gasteiger partial charge in [0.15, 0.2) is 11.4 Å². The summed E-state index contributed by atoms with van der Waals surface area (Å²) in [5.74, 6) is -0.572. The van der Waals surface area contributed by atoms with E-state index in [1.54, 1.807) is 43.3 Å². The predicted molar refractivity (Wildman–Crippen MR) is 115 cm³/mol. The van der Waals surface area contributed by atoms with Gasteiger partial charge in [-0.1, -0.05) is 24.3 Å². The molecule has 0 spiro atoms. The van der Waals surface area contributed by atoms with E-state index in [4.69, 9.17) is 18.6 Å². The number of hydrogen-bond acceptors (Lipinski definition) is 7. The second-order valence-electron chi connectivity index (χ2n) is 6.82. The largest absolute Gasteiger partial charge is 0.503 e. The van der Waals surface area contributed by atoms with Gasteiger partial charge in [-0.25, -0.2) is 9.59 Å². The van der Waals surface area contributed by atoms with Crippen molar-refractivity contribution in [3.05, 3.63) is 81.4 Å². The minimum Gasteiger partial charge on any atom is -0.503 e. The Balaban J connectivity index is 2.04. The lowest BCUT2D eigenvalue weighted by Gasteiger charge is -2.15. The highest BCUT2D eigenvalue weighted by atomic mass is 16.5. The number of carbonyl (C=O) groups excluding carboxylic acids is 2. The first-order chi connectivity index (χ1) is 14.9. The molecule has 1 aromatic heterocycles. The summed E-state index contributed by atoms with van der Waals surface area (Å²) in [6.07, 6.45) is 1.30. The van der Waals surface area contributed by atoms with Crippen molar-refractivity contribution < 1.29 is 28.2 Å². The van der Waals surface area contributed by atoms with E-state index in [-0.39, 0.29) is 34.9 Å². The Labute approximate surface area is 178 Å². The van der Waals surface area contributed by atoms with Crippen LogP contribution in [-0.2, 0) is 20.9 Å². The summed E-state index contributed by atoms with van der Waals surface area (Å²) in [5.41, 5.74) is 2.03. The molecule has 0 fully saturated rings. The average Bonchev–Trinajstić information content (AvgIpc) is 2.75. The molecule has 0 N–H and O–H groups in total. The van der Waals surface area contributed by atoms with Crippen LogP contribution >= 0.6 is 0 Å². The van der Waals surface area contributed by atoms with Crippen LogP contribution in [0.5, 0.6) is 5.75 Å². The van der Waals surface area contributed by atoms with Crippen molar-refractivity contribution >= 4 is 28.3 Å². The molecule has 1 heterocycles. The zero-order valence-corrected chi connectivity index (χ0v) is 17.7. The van der Waals surface area contributed by atoms with Gasteiger partial charge in [0.25, 0.3) is 0 Å². The molecule has 0 aliphatic carbocycles. The Kier molecular flexibility index (Phi) is 6.55. The Morgan fingerprint density at radius 3 is 2.52 bits per heavy atom. The predicted octanol–water partition coefficient (Wildman–Crippen LogP) is 4.04. The Bertz CT molecular complexity index is 1230. The summed E-state index contributed by atoms with van der Waals surface area (Å²) in [5, 5.41) is 0.661. The minimum absolute atomic E-state index is 0.0516. The van der Waals surface area contributed by atoms with Gasteiger partial charge in [-0.05, 0) is 42.7 Å². The standard InChI is InChI=1S/C24H22O7/c1-14-11-21(26)31-23-17(14)9-10-20(22(23)15(2)25)30-12-16-7-5-6-8-18(16)19(13-28-3)24(27)29-4/h5-11,13H,12H2,1-4H3/b19-13+. The lowest BCUT2D eigenvalue weighted by atomic mass is 10.0. The maximum atomic E-state index is 12.4. The Hall–Kier alpha value is -3.87. The normalized spacial score (nSPS) is 11.3. The monoisotopic (exact) mass is 422 g/mol. The summed E-state index contributed by atoms with van der Waals surface area (Å²) in [4.78, 5) is 36.4. The van der Waals surface area contributed by atoms with Gasteiger partial charge in [0.1, 0.15) is 23.5 Å². The van der Waals surface area contributed by atoms with E-state index in [1.807, 2.05) is 0 Å². The molecule has 0 bridgehead atoms. The number of hydrogen-bond donors (Lipinski definition) is 0. The summed E-state index contributed by atoms with van der Waals surface area (Å²) in [6, 6.07) is 11.9. The van der Waals surface area contributed by atoms with E-state index >= 15 is 0 Å². The van der Waals surface area contributed by atoms with Crippen molar-refractivity contribution in [3.63, 3.8) is 0 Å². The molecule has 0 saturated carbocycles. The number of carbonyl (C=O) groups is 2. The second kappa shape index (κ2) is 9.30. The number of fused-ring (bicyclic) bond motifs is 1. The smallest absolute Gasteiger partial charge is 0.341 e. The van der Waals surface area contributed by atoms with Gasteiger partial charge in [-0.15, -0.1) is 0 Å². The van der Waals surface area contributed by atoms with Crippen molar-refractivity contribution in [2.24, 2.45) is 0 Å². The molecule has 7 nitrogen and oxygen atoms in total. The van der Waals surface area contributed by atoms with Crippen LogP contribution in [-0.4, -0.2) is 26.0 Å². The molecule has 2 aromatic carbocycles. The van der Waals surface area contributed by atoms with Crippen LogP contribution in [0.4, 0.5) is 0 Å². The van der Waals surface area contributed by atoms with Crippen LogP contribution in [0.3, 0.4) is 0 Å². The van der Waals surface area contributed by atoms with E-state index in [0.717, 1.165) is 0 Å². The maximum absolute atomic E-state index is 12.4. The van der Waals surface area contributed by atoms with Crippen molar-refractivity contribution in [2.75, 3.05) is 14.2 Å². The highest BCUT2D eigenvalue weighted by Gasteiger charge is 2.20. The van der Waals surface area contributed by atoms with Crippen molar-refractivity contribution in [3.8, 4) is 5.75 Å². The van der Waals surface area contributed by atoms with Crippen LogP contribution in [0.25, 0.3) is 16.5 Å². The van der Waals surface area contributed by atoms with Crippen molar-refractivity contribution in [1.29, 1.82) is 0 Å². The first-order valence-corrected chi connectivity index (χ1v) is 9.48. The van der Waals surface area contributed by atoms with E-state index in [1.165, 1.54) is 33.5 Å². The van der Waals surface area contributed by atoms with Gasteiger partial charge < -0.3 is 18.6 Å². The number of aryl methyl sites for hydroxylation is 1. The van der Waals surface area contributed by atoms with Gasteiger partial charge in [-0.2, -0.15) is 0 Å². The lowest BCUT2D eigenvalue weighted by Crippen LogP contribution is -2.09. The molecule has 0 atom stereocenters. The quantitative estimate of drug-likeness (QED) is 0.186. The van der Waals surface area contributed by atoms with Crippen molar-refractivity contribution in [1.82, 2.24) is 0 Å². The number of Topliss-reactive ketones (excluding diaryl/α,β-unsaturated/α-hetero) is 1. The molecular weight excluding hydrogens is 400 g/mol. The molecule has 160 valence electrons. The number of ketones is 1. The molecule has 0 saturated heterocycles. The van der Waals surface area contributed by atoms with E-state index < -0.39 is 11.6 Å². The van der Waals surface area contributed by atoms with Crippen LogP contribution in [0.1, 0.15) is 34.0 Å². The topological polar surface area (TPSA) is 92.0 Å². The number of esters is 1. The number of methoxy groups -OCH3 is 2. The van der Waals surface area contributed by atoms with E-state index in [0.29, 0.717) is 22.1 Å². The fourth-order valence-electron chi connectivity index (χ4n) is 3.33. The van der Waals surface area contributed by atoms with E-state index in [9.17, 15) is 14.4 Å². The SMILES string of the molecule is CO/C=C(/C(=O)OC)c1ccccc1COc1ccc2c(C)cc(=O)oc2c1C(C)=O. The molecular formula is C24H22O7. The Morgan fingerprint density at radius 2 is 1.84 bits per heavy atom. The van der Waals surface area contributed by atoms with Gasteiger partial charge in [-0.3, -0.25) is 4.79 Å². The summed E-state index contributed by atoms with van der Waals surface area (Å²) >= 11 is 0. The lowest BCUT2D eigenvalue weighted by molar-refractivity contribution is -0.133. The fourth-order valence-corrected chi connectivity index (χ4v) is 3.33. The number of rotatable bonds is 7. The number of ether oxygens (including phenoxy) is 3. The molecule has 0 aliphatic rings. The zero-order valence-electron chi connectivity index (χ0n) is 17.7. The average molecular weight is 422 g/mol. The Morgan fingerprint density at radius 1 is 1.10 bits per heavy atom. The molecule has 0 amide bonds. The molecule has 0 radical (unpaired) electrons.